The number of carbonyl (C=O) groups is 1. The SMILES string of the molecule is CC(NC(=O)c1nn[nH]n1)c1ccc(C#N)cc1. The average Bonchev–Trinajstić information content (AvgIpc) is 2.92. The molecule has 0 spiro atoms. The van der Waals surface area contributed by atoms with E-state index < -0.39 is 5.91 Å². The summed E-state index contributed by atoms with van der Waals surface area (Å²) < 4.78 is 0. The van der Waals surface area contributed by atoms with Crippen molar-refractivity contribution in [2.45, 2.75) is 13.0 Å². The van der Waals surface area contributed by atoms with E-state index in [1.165, 1.54) is 0 Å². The van der Waals surface area contributed by atoms with Gasteiger partial charge in [0.1, 0.15) is 0 Å². The fourth-order valence-electron chi connectivity index (χ4n) is 1.45. The van der Waals surface area contributed by atoms with Gasteiger partial charge < -0.3 is 5.32 Å². The molecule has 1 aromatic carbocycles. The van der Waals surface area contributed by atoms with Gasteiger partial charge in [-0.15, -0.1) is 10.2 Å². The third-order valence-electron chi connectivity index (χ3n) is 2.44. The Hall–Kier alpha value is -2.75. The van der Waals surface area contributed by atoms with E-state index in [0.29, 0.717) is 5.56 Å². The van der Waals surface area contributed by atoms with E-state index in [2.05, 4.69) is 25.9 Å². The van der Waals surface area contributed by atoms with Crippen LogP contribution in [0.2, 0.25) is 0 Å². The van der Waals surface area contributed by atoms with E-state index >= 15 is 0 Å². The minimum Gasteiger partial charge on any atom is -0.343 e. The van der Waals surface area contributed by atoms with Crippen molar-refractivity contribution in [2.24, 2.45) is 0 Å². The maximum atomic E-state index is 11.7. The van der Waals surface area contributed by atoms with Gasteiger partial charge in [0.05, 0.1) is 17.7 Å². The fourth-order valence-corrected chi connectivity index (χ4v) is 1.45. The molecule has 0 saturated carbocycles. The van der Waals surface area contributed by atoms with Crippen molar-refractivity contribution in [3.63, 3.8) is 0 Å². The second-order valence-corrected chi connectivity index (χ2v) is 3.66. The number of nitriles is 1. The number of rotatable bonds is 3. The molecule has 0 saturated heterocycles. The smallest absolute Gasteiger partial charge is 0.293 e. The quantitative estimate of drug-likeness (QED) is 0.817. The third-order valence-corrected chi connectivity index (χ3v) is 2.44. The number of aromatic amines is 1. The second-order valence-electron chi connectivity index (χ2n) is 3.66. The van der Waals surface area contributed by atoms with Gasteiger partial charge in [-0.3, -0.25) is 4.79 Å². The number of carbonyl (C=O) groups excluding carboxylic acids is 1. The van der Waals surface area contributed by atoms with Crippen molar-refractivity contribution in [3.8, 4) is 6.07 Å². The predicted molar refractivity (Wildman–Crippen MR) is 61.2 cm³/mol. The van der Waals surface area contributed by atoms with E-state index in [9.17, 15) is 4.79 Å². The lowest BCUT2D eigenvalue weighted by Crippen LogP contribution is -2.27. The Bertz CT molecular complexity index is 569. The van der Waals surface area contributed by atoms with Gasteiger partial charge in [0, 0.05) is 0 Å². The molecule has 7 nitrogen and oxygen atoms in total. The first-order chi connectivity index (χ1) is 8.70. The molecule has 0 fully saturated rings. The highest BCUT2D eigenvalue weighted by molar-refractivity contribution is 5.90. The van der Waals surface area contributed by atoms with Crippen LogP contribution in [0, 0.1) is 11.3 Å². The molecule has 0 aliphatic rings. The summed E-state index contributed by atoms with van der Waals surface area (Å²) in [6, 6.07) is 8.82. The lowest BCUT2D eigenvalue weighted by Gasteiger charge is -2.12. The first-order valence-electron chi connectivity index (χ1n) is 5.25. The van der Waals surface area contributed by atoms with Crippen LogP contribution in [0.4, 0.5) is 0 Å². The summed E-state index contributed by atoms with van der Waals surface area (Å²) in [6.07, 6.45) is 0. The summed E-state index contributed by atoms with van der Waals surface area (Å²) in [5, 5.41) is 24.1. The first kappa shape index (κ1) is 11.7. The molecular formula is C11H10N6O. The van der Waals surface area contributed by atoms with Crippen LogP contribution >= 0.6 is 0 Å². The molecule has 2 N–H and O–H groups in total. The molecule has 0 bridgehead atoms. The van der Waals surface area contributed by atoms with E-state index in [0.717, 1.165) is 5.56 Å². The number of tetrazole rings is 1. The Morgan fingerprint density at radius 1 is 1.44 bits per heavy atom. The maximum absolute atomic E-state index is 11.7. The van der Waals surface area contributed by atoms with E-state index in [1.807, 2.05) is 13.0 Å². The zero-order chi connectivity index (χ0) is 13.0. The molecule has 1 amide bonds. The van der Waals surface area contributed by atoms with Crippen molar-refractivity contribution in [1.29, 1.82) is 5.26 Å². The van der Waals surface area contributed by atoms with Gasteiger partial charge in [0.2, 0.25) is 0 Å². The standard InChI is InChI=1S/C11H10N6O/c1-7(9-4-2-8(6-12)3-5-9)13-11(18)10-14-16-17-15-10/h2-5,7H,1H3,(H,13,18)(H,14,15,16,17). The van der Waals surface area contributed by atoms with Gasteiger partial charge in [-0.25, -0.2) is 0 Å². The van der Waals surface area contributed by atoms with Crippen molar-refractivity contribution >= 4 is 5.91 Å². The molecule has 0 aliphatic carbocycles. The number of amides is 1. The van der Waals surface area contributed by atoms with Crippen LogP contribution in [0.25, 0.3) is 0 Å². The average molecular weight is 242 g/mol. The van der Waals surface area contributed by atoms with E-state index in [-0.39, 0.29) is 11.9 Å². The van der Waals surface area contributed by atoms with Gasteiger partial charge in [-0.05, 0) is 29.8 Å². The zero-order valence-electron chi connectivity index (χ0n) is 9.58. The minimum atomic E-state index is -0.402. The highest BCUT2D eigenvalue weighted by atomic mass is 16.2. The van der Waals surface area contributed by atoms with Crippen molar-refractivity contribution in [1.82, 2.24) is 25.9 Å². The van der Waals surface area contributed by atoms with Crippen LogP contribution in [0.5, 0.6) is 0 Å². The largest absolute Gasteiger partial charge is 0.343 e. The summed E-state index contributed by atoms with van der Waals surface area (Å²) in [4.78, 5) is 11.7. The molecular weight excluding hydrogens is 232 g/mol. The van der Waals surface area contributed by atoms with Gasteiger partial charge in [0.25, 0.3) is 11.7 Å². The highest BCUT2D eigenvalue weighted by Gasteiger charge is 2.14. The molecule has 90 valence electrons. The topological polar surface area (TPSA) is 107 Å². The van der Waals surface area contributed by atoms with Crippen molar-refractivity contribution < 1.29 is 4.79 Å². The number of hydrogen-bond donors (Lipinski definition) is 2. The molecule has 0 aliphatic heterocycles. The van der Waals surface area contributed by atoms with Crippen LogP contribution in [0.3, 0.4) is 0 Å². The van der Waals surface area contributed by atoms with Gasteiger partial charge in [0.15, 0.2) is 0 Å². The number of aromatic nitrogens is 4. The Kier molecular flexibility index (Phi) is 3.29. The number of nitrogens with one attached hydrogen (secondary N) is 2. The molecule has 7 heteroatoms. The third kappa shape index (κ3) is 2.49. The van der Waals surface area contributed by atoms with Crippen LogP contribution in [0.15, 0.2) is 24.3 Å². The summed E-state index contributed by atoms with van der Waals surface area (Å²) in [6.45, 7) is 1.83. The normalized spacial score (nSPS) is 11.6. The number of hydrogen-bond acceptors (Lipinski definition) is 5. The molecule has 1 unspecified atom stereocenters. The number of nitrogens with zero attached hydrogens (tertiary/aromatic N) is 4. The Balaban J connectivity index is 2.05. The van der Waals surface area contributed by atoms with E-state index in [1.54, 1.807) is 24.3 Å². The van der Waals surface area contributed by atoms with Crippen LogP contribution in [-0.4, -0.2) is 26.5 Å². The number of benzene rings is 1. The van der Waals surface area contributed by atoms with Crippen LogP contribution in [-0.2, 0) is 0 Å². The number of H-pyrrole nitrogens is 1. The molecule has 18 heavy (non-hydrogen) atoms. The minimum absolute atomic E-state index is 0.00417. The second kappa shape index (κ2) is 5.05. The fraction of sp³-hybridized carbons (Fsp3) is 0.182. The first-order valence-corrected chi connectivity index (χ1v) is 5.25. The molecule has 1 atom stereocenters. The molecule has 2 aromatic rings. The molecule has 0 radical (unpaired) electrons. The summed E-state index contributed by atoms with van der Waals surface area (Å²) in [5.41, 5.74) is 1.47. The van der Waals surface area contributed by atoms with Gasteiger partial charge >= 0.3 is 0 Å². The molecule has 1 heterocycles. The Morgan fingerprint density at radius 2 is 2.17 bits per heavy atom. The summed E-state index contributed by atoms with van der Waals surface area (Å²) >= 11 is 0. The summed E-state index contributed by atoms with van der Waals surface area (Å²) in [5.74, 6) is -0.406. The maximum Gasteiger partial charge on any atom is 0.293 e. The van der Waals surface area contributed by atoms with Crippen molar-refractivity contribution in [2.75, 3.05) is 0 Å². The van der Waals surface area contributed by atoms with Gasteiger partial charge in [-0.1, -0.05) is 12.1 Å². The predicted octanol–water partition coefficient (Wildman–Crippen LogP) is 0.562. The molecule has 1 aromatic heterocycles. The summed E-state index contributed by atoms with van der Waals surface area (Å²) in [7, 11) is 0. The lowest BCUT2D eigenvalue weighted by atomic mass is 10.1. The van der Waals surface area contributed by atoms with Gasteiger partial charge in [-0.2, -0.15) is 10.5 Å². The Labute approximate surface area is 103 Å². The Morgan fingerprint density at radius 3 is 2.72 bits per heavy atom. The van der Waals surface area contributed by atoms with Crippen molar-refractivity contribution in [3.05, 3.63) is 41.2 Å². The monoisotopic (exact) mass is 242 g/mol. The van der Waals surface area contributed by atoms with E-state index in [4.69, 9.17) is 5.26 Å². The van der Waals surface area contributed by atoms with Crippen LogP contribution in [0.1, 0.15) is 34.7 Å². The highest BCUT2D eigenvalue weighted by Crippen LogP contribution is 2.13. The zero-order valence-corrected chi connectivity index (χ0v) is 9.58. The van der Waals surface area contributed by atoms with Crippen LogP contribution < -0.4 is 5.32 Å². The molecule has 2 rings (SSSR count). The lowest BCUT2D eigenvalue weighted by molar-refractivity contribution is 0.0929.